The monoisotopic (exact) mass is 392 g/mol. The summed E-state index contributed by atoms with van der Waals surface area (Å²) in [4.78, 5) is 31.4. The molecule has 4 aromatic rings. The molecule has 0 unspecified atom stereocenters. The van der Waals surface area contributed by atoms with Gasteiger partial charge in [-0.25, -0.2) is 24.3 Å². The molecule has 9 nitrogen and oxygen atoms in total. The Bertz CT molecular complexity index is 1210. The summed E-state index contributed by atoms with van der Waals surface area (Å²) in [7, 11) is 0. The maximum absolute atomic E-state index is 14.2. The third kappa shape index (κ3) is 3.18. The number of aryl methyl sites for hydroxylation is 1. The standard InChI is InChI=1S/C19H17FN8O/c1-12-8-28-9-13(4-15(20)18(28)24-12)25-19(29)16-6-23-17(7-22-16)26-2-3-27-11-21-5-14(27)10-26/h4-9,11H,2-3,10H2,1H3,(H,25,29). The van der Waals surface area contributed by atoms with E-state index >= 15 is 0 Å². The van der Waals surface area contributed by atoms with Crippen molar-refractivity contribution in [2.24, 2.45) is 0 Å². The number of amides is 1. The van der Waals surface area contributed by atoms with Crippen LogP contribution in [0.5, 0.6) is 0 Å². The molecule has 0 aliphatic carbocycles. The van der Waals surface area contributed by atoms with Gasteiger partial charge >= 0.3 is 0 Å². The summed E-state index contributed by atoms with van der Waals surface area (Å²) in [6, 6.07) is 1.23. The second kappa shape index (κ2) is 6.66. The number of imidazole rings is 2. The highest BCUT2D eigenvalue weighted by Crippen LogP contribution is 2.19. The molecule has 0 bridgehead atoms. The highest BCUT2D eigenvalue weighted by molar-refractivity contribution is 6.02. The average molecular weight is 392 g/mol. The van der Waals surface area contributed by atoms with Crippen LogP contribution in [0.25, 0.3) is 5.65 Å². The predicted octanol–water partition coefficient (Wildman–Crippen LogP) is 2.04. The molecule has 5 rings (SSSR count). The van der Waals surface area contributed by atoms with Gasteiger partial charge in [-0.1, -0.05) is 0 Å². The number of aromatic nitrogens is 6. The molecule has 0 radical (unpaired) electrons. The van der Waals surface area contributed by atoms with Crippen LogP contribution in [-0.4, -0.2) is 41.4 Å². The highest BCUT2D eigenvalue weighted by Gasteiger charge is 2.18. The first-order chi connectivity index (χ1) is 14.1. The van der Waals surface area contributed by atoms with Gasteiger partial charge in [-0.15, -0.1) is 0 Å². The molecule has 0 saturated carbocycles. The van der Waals surface area contributed by atoms with Crippen LogP contribution in [-0.2, 0) is 13.1 Å². The van der Waals surface area contributed by atoms with Gasteiger partial charge in [0.25, 0.3) is 5.91 Å². The van der Waals surface area contributed by atoms with Gasteiger partial charge in [-0.3, -0.25) is 4.79 Å². The molecule has 1 aliphatic heterocycles. The lowest BCUT2D eigenvalue weighted by atomic mass is 10.3. The van der Waals surface area contributed by atoms with Gasteiger partial charge in [-0.05, 0) is 6.92 Å². The van der Waals surface area contributed by atoms with E-state index in [0.717, 1.165) is 18.8 Å². The number of rotatable bonds is 3. The summed E-state index contributed by atoms with van der Waals surface area (Å²) < 4.78 is 17.8. The van der Waals surface area contributed by atoms with Crippen LogP contribution in [0.3, 0.4) is 0 Å². The first-order valence-corrected chi connectivity index (χ1v) is 9.09. The van der Waals surface area contributed by atoms with E-state index in [1.165, 1.54) is 16.7 Å². The van der Waals surface area contributed by atoms with E-state index in [0.29, 0.717) is 23.7 Å². The fourth-order valence-electron chi connectivity index (χ4n) is 3.42. The Morgan fingerprint density at radius 2 is 2.07 bits per heavy atom. The van der Waals surface area contributed by atoms with Crippen molar-refractivity contribution in [3.63, 3.8) is 0 Å². The van der Waals surface area contributed by atoms with Crippen molar-refractivity contribution in [2.45, 2.75) is 20.0 Å². The van der Waals surface area contributed by atoms with E-state index in [1.54, 1.807) is 25.5 Å². The van der Waals surface area contributed by atoms with Crippen LogP contribution in [0.4, 0.5) is 15.9 Å². The van der Waals surface area contributed by atoms with Crippen LogP contribution in [0, 0.1) is 12.7 Å². The fourth-order valence-corrected chi connectivity index (χ4v) is 3.42. The van der Waals surface area contributed by atoms with Crippen LogP contribution < -0.4 is 10.2 Å². The summed E-state index contributed by atoms with van der Waals surface area (Å²) in [6.45, 7) is 4.07. The minimum Gasteiger partial charge on any atom is -0.348 e. The van der Waals surface area contributed by atoms with Crippen molar-refractivity contribution in [1.29, 1.82) is 0 Å². The van der Waals surface area contributed by atoms with Gasteiger partial charge in [0, 0.05) is 37.7 Å². The maximum atomic E-state index is 14.2. The molecule has 0 spiro atoms. The van der Waals surface area contributed by atoms with E-state index in [-0.39, 0.29) is 11.3 Å². The largest absolute Gasteiger partial charge is 0.348 e. The molecule has 0 atom stereocenters. The maximum Gasteiger partial charge on any atom is 0.275 e. The lowest BCUT2D eigenvalue weighted by molar-refractivity contribution is 0.102. The first kappa shape index (κ1) is 17.3. The molecule has 0 saturated heterocycles. The smallest absolute Gasteiger partial charge is 0.275 e. The topological polar surface area (TPSA) is 93.2 Å². The number of pyridine rings is 1. The number of carbonyl (C=O) groups excluding carboxylic acids is 1. The van der Waals surface area contributed by atoms with Gasteiger partial charge in [0.15, 0.2) is 11.5 Å². The van der Waals surface area contributed by atoms with E-state index in [1.807, 2.05) is 12.5 Å². The van der Waals surface area contributed by atoms with Crippen LogP contribution in [0.1, 0.15) is 21.9 Å². The van der Waals surface area contributed by atoms with Crippen molar-refractivity contribution in [1.82, 2.24) is 28.9 Å². The molecule has 10 heteroatoms. The Labute approximate surface area is 164 Å². The summed E-state index contributed by atoms with van der Waals surface area (Å²) in [6.07, 6.45) is 9.94. The summed E-state index contributed by atoms with van der Waals surface area (Å²) in [5, 5.41) is 2.65. The van der Waals surface area contributed by atoms with E-state index in [2.05, 4.69) is 34.7 Å². The molecular weight excluding hydrogens is 375 g/mol. The van der Waals surface area contributed by atoms with Gasteiger partial charge in [0.1, 0.15) is 11.5 Å². The number of halogens is 1. The van der Waals surface area contributed by atoms with Gasteiger partial charge in [0.2, 0.25) is 0 Å². The van der Waals surface area contributed by atoms with Crippen molar-refractivity contribution >= 4 is 23.1 Å². The van der Waals surface area contributed by atoms with Crippen LogP contribution >= 0.6 is 0 Å². The fraction of sp³-hybridized carbons (Fsp3) is 0.211. The number of nitrogens with one attached hydrogen (secondary N) is 1. The zero-order valence-electron chi connectivity index (χ0n) is 15.6. The third-order valence-electron chi connectivity index (χ3n) is 4.84. The number of fused-ring (bicyclic) bond motifs is 2. The summed E-state index contributed by atoms with van der Waals surface area (Å²) >= 11 is 0. The molecular formula is C19H17FN8O. The molecule has 146 valence electrons. The minimum absolute atomic E-state index is 0.151. The quantitative estimate of drug-likeness (QED) is 0.574. The van der Waals surface area contributed by atoms with Gasteiger partial charge < -0.3 is 19.2 Å². The van der Waals surface area contributed by atoms with Gasteiger partial charge in [-0.2, -0.15) is 0 Å². The molecule has 5 heterocycles. The van der Waals surface area contributed by atoms with Gasteiger partial charge in [0.05, 0.1) is 42.3 Å². The van der Waals surface area contributed by atoms with Crippen molar-refractivity contribution in [2.75, 3.05) is 16.8 Å². The number of anilines is 2. The Balaban J connectivity index is 1.32. The summed E-state index contributed by atoms with van der Waals surface area (Å²) in [5.41, 5.74) is 2.47. The number of carbonyl (C=O) groups is 1. The summed E-state index contributed by atoms with van der Waals surface area (Å²) in [5.74, 6) is -0.284. The lowest BCUT2D eigenvalue weighted by Gasteiger charge is -2.28. The zero-order valence-corrected chi connectivity index (χ0v) is 15.6. The Kier molecular flexibility index (Phi) is 3.97. The highest BCUT2D eigenvalue weighted by atomic mass is 19.1. The average Bonchev–Trinajstić information content (AvgIpc) is 3.33. The Morgan fingerprint density at radius 1 is 1.17 bits per heavy atom. The minimum atomic E-state index is -0.512. The molecule has 1 aliphatic rings. The van der Waals surface area contributed by atoms with Crippen LogP contribution in [0.2, 0.25) is 0 Å². The van der Waals surface area contributed by atoms with Crippen molar-refractivity contribution < 1.29 is 9.18 Å². The normalized spacial score (nSPS) is 13.5. The number of nitrogens with zero attached hydrogens (tertiary/aromatic N) is 7. The Hall–Kier alpha value is -3.82. The molecule has 29 heavy (non-hydrogen) atoms. The lowest BCUT2D eigenvalue weighted by Crippen LogP contribution is -2.33. The van der Waals surface area contributed by atoms with E-state index < -0.39 is 11.7 Å². The number of hydrogen-bond acceptors (Lipinski definition) is 6. The van der Waals surface area contributed by atoms with Crippen molar-refractivity contribution in [3.8, 4) is 0 Å². The molecule has 0 fully saturated rings. The van der Waals surface area contributed by atoms with Crippen molar-refractivity contribution in [3.05, 3.63) is 66.3 Å². The number of hydrogen-bond donors (Lipinski definition) is 1. The molecule has 1 amide bonds. The second-order valence-electron chi connectivity index (χ2n) is 6.90. The Morgan fingerprint density at radius 3 is 2.90 bits per heavy atom. The molecule has 1 N–H and O–H groups in total. The van der Waals surface area contributed by atoms with Crippen LogP contribution in [0.15, 0.2) is 43.4 Å². The molecule has 0 aromatic carbocycles. The zero-order chi connectivity index (χ0) is 20.0. The third-order valence-corrected chi connectivity index (χ3v) is 4.84. The van der Waals surface area contributed by atoms with E-state index in [4.69, 9.17) is 0 Å². The SMILES string of the molecule is Cc1cn2cc(NC(=O)c3cnc(N4CCn5cncc5C4)cn3)cc(F)c2n1. The van der Waals surface area contributed by atoms with E-state index in [9.17, 15) is 9.18 Å². The molecule has 4 aromatic heterocycles. The first-order valence-electron chi connectivity index (χ1n) is 9.09. The second-order valence-corrected chi connectivity index (χ2v) is 6.90. The predicted molar refractivity (Wildman–Crippen MR) is 103 cm³/mol.